The molecule has 0 spiro atoms. The molecule has 142 valence electrons. The van der Waals surface area contributed by atoms with E-state index in [0.29, 0.717) is 6.42 Å². The number of rotatable bonds is 5. The number of aryl methyl sites for hydroxylation is 3. The van der Waals surface area contributed by atoms with Gasteiger partial charge in [0.2, 0.25) is 0 Å². The molecule has 6 heteroatoms. The van der Waals surface area contributed by atoms with Gasteiger partial charge in [-0.3, -0.25) is 9.58 Å². The van der Waals surface area contributed by atoms with Gasteiger partial charge in [0, 0.05) is 24.3 Å². The van der Waals surface area contributed by atoms with Crippen molar-refractivity contribution in [3.63, 3.8) is 0 Å². The maximum atomic E-state index is 11.8. The molecule has 0 amide bonds. The molecule has 26 heavy (non-hydrogen) atoms. The fourth-order valence-electron chi connectivity index (χ4n) is 3.84. The van der Waals surface area contributed by atoms with Gasteiger partial charge in [-0.2, -0.15) is 5.10 Å². The summed E-state index contributed by atoms with van der Waals surface area (Å²) in [6.07, 6.45) is 0.669. The SMILES string of the molecule is Cc1ccc(C)c(CN(C)Cc2c(C)nn([C@@H]3CCS(=O)(=O)C3)c2C)c1. The molecule has 5 nitrogen and oxygen atoms in total. The van der Waals surface area contributed by atoms with Crippen LogP contribution in [0.3, 0.4) is 0 Å². The van der Waals surface area contributed by atoms with E-state index in [4.69, 9.17) is 0 Å². The third kappa shape index (κ3) is 4.01. The maximum absolute atomic E-state index is 11.8. The van der Waals surface area contributed by atoms with Gasteiger partial charge in [0.1, 0.15) is 0 Å². The Morgan fingerprint density at radius 2 is 1.92 bits per heavy atom. The Balaban J connectivity index is 1.76. The normalized spacial score (nSPS) is 19.4. The van der Waals surface area contributed by atoms with Gasteiger partial charge >= 0.3 is 0 Å². The van der Waals surface area contributed by atoms with Crippen LogP contribution in [0.4, 0.5) is 0 Å². The second kappa shape index (κ2) is 7.16. The molecule has 0 radical (unpaired) electrons. The lowest BCUT2D eigenvalue weighted by atomic mass is 10.0. The summed E-state index contributed by atoms with van der Waals surface area (Å²) >= 11 is 0. The molecule has 0 N–H and O–H groups in total. The van der Waals surface area contributed by atoms with E-state index >= 15 is 0 Å². The quantitative estimate of drug-likeness (QED) is 0.806. The van der Waals surface area contributed by atoms with Crippen molar-refractivity contribution in [1.29, 1.82) is 0 Å². The van der Waals surface area contributed by atoms with E-state index in [-0.39, 0.29) is 17.5 Å². The first kappa shape index (κ1) is 19.1. The largest absolute Gasteiger partial charge is 0.298 e. The lowest BCUT2D eigenvalue weighted by Gasteiger charge is -2.19. The van der Waals surface area contributed by atoms with Crippen LogP contribution in [0.15, 0.2) is 18.2 Å². The molecule has 1 aromatic heterocycles. The maximum Gasteiger partial charge on any atom is 0.152 e. The van der Waals surface area contributed by atoms with Crippen LogP contribution in [0.2, 0.25) is 0 Å². The lowest BCUT2D eigenvalue weighted by molar-refractivity contribution is 0.316. The second-order valence-electron chi connectivity index (χ2n) is 7.75. The van der Waals surface area contributed by atoms with Crippen molar-refractivity contribution >= 4 is 9.84 Å². The Kier molecular flexibility index (Phi) is 5.26. The highest BCUT2D eigenvalue weighted by atomic mass is 32.2. The first-order valence-corrected chi connectivity index (χ1v) is 11.0. The second-order valence-corrected chi connectivity index (χ2v) is 9.98. The van der Waals surface area contributed by atoms with Crippen molar-refractivity contribution in [2.75, 3.05) is 18.6 Å². The minimum atomic E-state index is -2.91. The monoisotopic (exact) mass is 375 g/mol. The molecule has 0 saturated carbocycles. The third-order valence-corrected chi connectivity index (χ3v) is 7.15. The van der Waals surface area contributed by atoms with Gasteiger partial charge in [0.25, 0.3) is 0 Å². The topological polar surface area (TPSA) is 55.2 Å². The summed E-state index contributed by atoms with van der Waals surface area (Å²) in [5.74, 6) is 0.491. The van der Waals surface area contributed by atoms with Crippen LogP contribution in [0.25, 0.3) is 0 Å². The van der Waals surface area contributed by atoms with Gasteiger partial charge in [-0.25, -0.2) is 8.42 Å². The summed E-state index contributed by atoms with van der Waals surface area (Å²) in [5.41, 5.74) is 7.24. The van der Waals surface area contributed by atoms with Gasteiger partial charge < -0.3 is 0 Å². The van der Waals surface area contributed by atoms with E-state index in [1.54, 1.807) is 0 Å². The first-order valence-electron chi connectivity index (χ1n) is 9.16. The molecular formula is C20H29N3O2S. The van der Waals surface area contributed by atoms with Gasteiger partial charge in [0.15, 0.2) is 9.84 Å². The summed E-state index contributed by atoms with van der Waals surface area (Å²) in [6.45, 7) is 10.1. The first-order chi connectivity index (χ1) is 12.2. The highest BCUT2D eigenvalue weighted by Gasteiger charge is 2.31. The van der Waals surface area contributed by atoms with Crippen LogP contribution in [0.5, 0.6) is 0 Å². The van der Waals surface area contributed by atoms with E-state index in [1.165, 1.54) is 22.3 Å². The molecule has 1 aromatic carbocycles. The fourth-order valence-corrected chi connectivity index (χ4v) is 5.53. The molecule has 0 bridgehead atoms. The van der Waals surface area contributed by atoms with Crippen molar-refractivity contribution in [2.24, 2.45) is 0 Å². The lowest BCUT2D eigenvalue weighted by Crippen LogP contribution is -2.19. The number of benzene rings is 1. The van der Waals surface area contributed by atoms with E-state index < -0.39 is 9.84 Å². The summed E-state index contributed by atoms with van der Waals surface area (Å²) in [7, 11) is -0.785. The Hall–Kier alpha value is -1.66. The molecule has 1 saturated heterocycles. The standard InChI is InChI=1S/C20H29N3O2S/c1-14-6-7-15(2)18(10-14)11-22(5)12-20-16(3)21-23(17(20)4)19-8-9-26(24,25)13-19/h6-7,10,19H,8-9,11-13H2,1-5H3/t19-/m1/s1. The molecule has 1 aliphatic heterocycles. The van der Waals surface area contributed by atoms with Gasteiger partial charge in [0.05, 0.1) is 23.2 Å². The van der Waals surface area contributed by atoms with Crippen molar-refractivity contribution < 1.29 is 8.42 Å². The minimum absolute atomic E-state index is 0.0169. The summed E-state index contributed by atoms with van der Waals surface area (Å²) < 4.78 is 25.6. The molecule has 1 aliphatic rings. The number of nitrogens with zero attached hydrogens (tertiary/aromatic N) is 3. The van der Waals surface area contributed by atoms with Crippen LogP contribution in [-0.2, 0) is 22.9 Å². The van der Waals surface area contributed by atoms with Gasteiger partial charge in [-0.1, -0.05) is 23.8 Å². The molecule has 1 atom stereocenters. The predicted octanol–water partition coefficient (Wildman–Crippen LogP) is 3.11. The van der Waals surface area contributed by atoms with E-state index in [0.717, 1.165) is 24.5 Å². The van der Waals surface area contributed by atoms with Crippen molar-refractivity contribution in [2.45, 2.75) is 53.2 Å². The number of hydrogen-bond acceptors (Lipinski definition) is 4. The molecule has 1 fully saturated rings. The molecule has 3 rings (SSSR count). The van der Waals surface area contributed by atoms with E-state index in [1.807, 2.05) is 11.6 Å². The zero-order valence-electron chi connectivity index (χ0n) is 16.4. The minimum Gasteiger partial charge on any atom is -0.298 e. The van der Waals surface area contributed by atoms with Crippen LogP contribution >= 0.6 is 0 Å². The van der Waals surface area contributed by atoms with Crippen molar-refractivity contribution in [1.82, 2.24) is 14.7 Å². The summed E-state index contributed by atoms with van der Waals surface area (Å²) in [5, 5.41) is 4.68. The van der Waals surface area contributed by atoms with Crippen molar-refractivity contribution in [3.05, 3.63) is 51.8 Å². The zero-order chi connectivity index (χ0) is 19.1. The van der Waals surface area contributed by atoms with Crippen LogP contribution < -0.4 is 0 Å². The number of aromatic nitrogens is 2. The molecule has 0 unspecified atom stereocenters. The average Bonchev–Trinajstić information content (AvgIpc) is 3.04. The van der Waals surface area contributed by atoms with Crippen LogP contribution in [0, 0.1) is 27.7 Å². The highest BCUT2D eigenvalue weighted by molar-refractivity contribution is 7.91. The highest BCUT2D eigenvalue weighted by Crippen LogP contribution is 2.27. The summed E-state index contributed by atoms with van der Waals surface area (Å²) in [4.78, 5) is 2.30. The predicted molar refractivity (Wildman–Crippen MR) is 105 cm³/mol. The molecule has 0 aliphatic carbocycles. The molecular weight excluding hydrogens is 346 g/mol. The number of sulfone groups is 1. The van der Waals surface area contributed by atoms with Gasteiger partial charge in [-0.05, 0) is 52.3 Å². The Labute approximate surface area is 156 Å². The van der Waals surface area contributed by atoms with Gasteiger partial charge in [-0.15, -0.1) is 0 Å². The Morgan fingerprint density at radius 3 is 2.58 bits per heavy atom. The number of hydrogen-bond donors (Lipinski definition) is 0. The van der Waals surface area contributed by atoms with E-state index in [9.17, 15) is 8.42 Å². The van der Waals surface area contributed by atoms with E-state index in [2.05, 4.69) is 56.0 Å². The van der Waals surface area contributed by atoms with Crippen molar-refractivity contribution in [3.8, 4) is 0 Å². The Morgan fingerprint density at radius 1 is 1.19 bits per heavy atom. The average molecular weight is 376 g/mol. The Bertz CT molecular complexity index is 915. The van der Waals surface area contributed by atoms with Crippen LogP contribution in [-0.4, -0.2) is 41.7 Å². The fraction of sp³-hybridized carbons (Fsp3) is 0.550. The third-order valence-electron chi connectivity index (χ3n) is 5.40. The zero-order valence-corrected chi connectivity index (χ0v) is 17.2. The molecule has 2 aromatic rings. The van der Waals surface area contributed by atoms with Crippen LogP contribution in [0.1, 0.15) is 46.1 Å². The molecule has 2 heterocycles. The smallest absolute Gasteiger partial charge is 0.152 e. The summed E-state index contributed by atoms with van der Waals surface area (Å²) in [6, 6.07) is 6.55.